The third-order valence-electron chi connectivity index (χ3n) is 2.90. The van der Waals surface area contributed by atoms with Gasteiger partial charge in [-0.1, -0.05) is 12.1 Å². The number of aromatic nitrogens is 2. The lowest BCUT2D eigenvalue weighted by Crippen LogP contribution is -2.24. The van der Waals surface area contributed by atoms with E-state index in [0.29, 0.717) is 0 Å². The van der Waals surface area contributed by atoms with Gasteiger partial charge in [0.05, 0.1) is 19.3 Å². The zero-order chi connectivity index (χ0) is 14.4. The summed E-state index contributed by atoms with van der Waals surface area (Å²) >= 11 is 0. The quantitative estimate of drug-likeness (QED) is 0.820. The van der Waals surface area contributed by atoms with Crippen molar-refractivity contribution in [2.45, 2.75) is 13.0 Å². The number of ether oxygens (including phenoxy) is 1. The number of amides is 1. The van der Waals surface area contributed by atoms with E-state index in [4.69, 9.17) is 4.74 Å². The SMILES string of the molecule is COc1cccc(/C=C/C(=O)NC(C)c2cn[nH]c2)c1. The van der Waals surface area contributed by atoms with Crippen molar-refractivity contribution in [3.63, 3.8) is 0 Å². The molecule has 1 heterocycles. The molecule has 0 saturated heterocycles. The summed E-state index contributed by atoms with van der Waals surface area (Å²) in [6.07, 6.45) is 6.71. The Kier molecular flexibility index (Phi) is 4.55. The van der Waals surface area contributed by atoms with Gasteiger partial charge < -0.3 is 10.1 Å². The van der Waals surface area contributed by atoms with Crippen LogP contribution in [0.15, 0.2) is 42.7 Å². The second kappa shape index (κ2) is 6.56. The molecule has 1 unspecified atom stereocenters. The molecule has 1 amide bonds. The smallest absolute Gasteiger partial charge is 0.244 e. The Morgan fingerprint density at radius 1 is 1.50 bits per heavy atom. The highest BCUT2D eigenvalue weighted by Crippen LogP contribution is 2.14. The molecule has 0 aliphatic rings. The number of aromatic amines is 1. The topological polar surface area (TPSA) is 67.0 Å². The molecular formula is C15H17N3O2. The van der Waals surface area contributed by atoms with Crippen molar-refractivity contribution in [3.05, 3.63) is 53.9 Å². The lowest BCUT2D eigenvalue weighted by molar-refractivity contribution is -0.117. The molecule has 0 fully saturated rings. The molecular weight excluding hydrogens is 254 g/mol. The van der Waals surface area contributed by atoms with Crippen LogP contribution in [0.1, 0.15) is 24.1 Å². The van der Waals surface area contributed by atoms with Crippen LogP contribution in [0.5, 0.6) is 5.75 Å². The lowest BCUT2D eigenvalue weighted by atomic mass is 10.2. The first-order valence-corrected chi connectivity index (χ1v) is 6.30. The van der Waals surface area contributed by atoms with Crippen molar-refractivity contribution in [3.8, 4) is 5.75 Å². The second-order valence-corrected chi connectivity index (χ2v) is 4.37. The molecule has 0 aliphatic heterocycles. The first-order chi connectivity index (χ1) is 9.69. The van der Waals surface area contributed by atoms with E-state index < -0.39 is 0 Å². The minimum Gasteiger partial charge on any atom is -0.497 e. The van der Waals surface area contributed by atoms with Gasteiger partial charge in [-0.05, 0) is 30.7 Å². The summed E-state index contributed by atoms with van der Waals surface area (Å²) in [7, 11) is 1.61. The number of nitrogens with zero attached hydrogens (tertiary/aromatic N) is 1. The highest BCUT2D eigenvalue weighted by molar-refractivity contribution is 5.92. The van der Waals surface area contributed by atoms with Crippen molar-refractivity contribution in [1.29, 1.82) is 0 Å². The van der Waals surface area contributed by atoms with Crippen molar-refractivity contribution < 1.29 is 9.53 Å². The van der Waals surface area contributed by atoms with Crippen molar-refractivity contribution in [2.24, 2.45) is 0 Å². The number of benzene rings is 1. The third kappa shape index (κ3) is 3.71. The molecule has 104 valence electrons. The van der Waals surface area contributed by atoms with E-state index in [2.05, 4.69) is 15.5 Å². The molecule has 2 aromatic rings. The summed E-state index contributed by atoms with van der Waals surface area (Å²) in [5.74, 6) is 0.612. The minimum absolute atomic E-state index is 0.0868. The molecule has 0 saturated carbocycles. The molecule has 0 bridgehead atoms. The molecule has 1 aromatic carbocycles. The van der Waals surface area contributed by atoms with Crippen LogP contribution in [-0.2, 0) is 4.79 Å². The highest BCUT2D eigenvalue weighted by atomic mass is 16.5. The Labute approximate surface area is 117 Å². The van der Waals surface area contributed by atoms with E-state index in [1.807, 2.05) is 31.2 Å². The number of methoxy groups -OCH3 is 1. The van der Waals surface area contributed by atoms with Gasteiger partial charge in [0.15, 0.2) is 0 Å². The second-order valence-electron chi connectivity index (χ2n) is 4.37. The predicted octanol–water partition coefficient (Wildman–Crippen LogP) is 2.31. The lowest BCUT2D eigenvalue weighted by Gasteiger charge is -2.09. The Morgan fingerprint density at radius 2 is 2.35 bits per heavy atom. The zero-order valence-corrected chi connectivity index (χ0v) is 11.5. The fourth-order valence-corrected chi connectivity index (χ4v) is 1.76. The van der Waals surface area contributed by atoms with Gasteiger partial charge in [-0.15, -0.1) is 0 Å². The van der Waals surface area contributed by atoms with E-state index in [9.17, 15) is 4.79 Å². The molecule has 2 N–H and O–H groups in total. The summed E-state index contributed by atoms with van der Waals surface area (Å²) < 4.78 is 5.13. The normalized spacial score (nSPS) is 12.3. The van der Waals surface area contributed by atoms with E-state index >= 15 is 0 Å². The molecule has 5 heteroatoms. The van der Waals surface area contributed by atoms with E-state index in [1.54, 1.807) is 25.6 Å². The van der Waals surface area contributed by atoms with Gasteiger partial charge in [0.2, 0.25) is 5.91 Å². The van der Waals surface area contributed by atoms with Crippen LogP contribution in [0.3, 0.4) is 0 Å². The van der Waals surface area contributed by atoms with E-state index in [1.165, 1.54) is 6.08 Å². The number of H-pyrrole nitrogens is 1. The fraction of sp³-hybridized carbons (Fsp3) is 0.200. The van der Waals surface area contributed by atoms with Gasteiger partial charge in [-0.2, -0.15) is 5.10 Å². The summed E-state index contributed by atoms with van der Waals surface area (Å²) in [5, 5.41) is 9.44. The zero-order valence-electron chi connectivity index (χ0n) is 11.5. The van der Waals surface area contributed by atoms with Crippen molar-refractivity contribution >= 4 is 12.0 Å². The minimum atomic E-state index is -0.151. The number of rotatable bonds is 5. The standard InChI is InChI=1S/C15H17N3O2/c1-11(13-9-16-17-10-13)18-15(19)7-6-12-4-3-5-14(8-12)20-2/h3-11H,1-2H3,(H,16,17)(H,18,19)/b7-6+. The summed E-state index contributed by atoms with van der Waals surface area (Å²) in [5.41, 5.74) is 1.85. The van der Waals surface area contributed by atoms with Crippen LogP contribution in [0.25, 0.3) is 6.08 Å². The van der Waals surface area contributed by atoms with Crippen LogP contribution in [-0.4, -0.2) is 23.2 Å². The number of hydrogen-bond donors (Lipinski definition) is 2. The average molecular weight is 271 g/mol. The maximum Gasteiger partial charge on any atom is 0.244 e. The van der Waals surface area contributed by atoms with Crippen LogP contribution in [0.4, 0.5) is 0 Å². The largest absolute Gasteiger partial charge is 0.497 e. The highest BCUT2D eigenvalue weighted by Gasteiger charge is 2.07. The Morgan fingerprint density at radius 3 is 3.05 bits per heavy atom. The van der Waals surface area contributed by atoms with Gasteiger partial charge in [-0.3, -0.25) is 9.89 Å². The van der Waals surface area contributed by atoms with Gasteiger partial charge in [0.1, 0.15) is 5.75 Å². The van der Waals surface area contributed by atoms with Crippen LogP contribution >= 0.6 is 0 Å². The van der Waals surface area contributed by atoms with Gasteiger partial charge in [0.25, 0.3) is 0 Å². The first kappa shape index (κ1) is 13.9. The summed E-state index contributed by atoms with van der Waals surface area (Å²) in [6, 6.07) is 7.43. The molecule has 0 spiro atoms. The number of hydrogen-bond acceptors (Lipinski definition) is 3. The maximum atomic E-state index is 11.8. The molecule has 0 aliphatic carbocycles. The Balaban J connectivity index is 1.95. The molecule has 20 heavy (non-hydrogen) atoms. The van der Waals surface area contributed by atoms with Gasteiger partial charge in [0, 0.05) is 17.8 Å². The van der Waals surface area contributed by atoms with Crippen molar-refractivity contribution in [2.75, 3.05) is 7.11 Å². The molecule has 1 aromatic heterocycles. The summed E-state index contributed by atoms with van der Waals surface area (Å²) in [6.45, 7) is 1.90. The maximum absolute atomic E-state index is 11.8. The number of carbonyl (C=O) groups is 1. The number of carbonyl (C=O) groups excluding carboxylic acids is 1. The van der Waals surface area contributed by atoms with Crippen molar-refractivity contribution in [1.82, 2.24) is 15.5 Å². The van der Waals surface area contributed by atoms with E-state index in [0.717, 1.165) is 16.9 Å². The molecule has 2 rings (SSSR count). The van der Waals surface area contributed by atoms with Crippen LogP contribution in [0.2, 0.25) is 0 Å². The third-order valence-corrected chi connectivity index (χ3v) is 2.90. The molecule has 0 radical (unpaired) electrons. The number of nitrogens with one attached hydrogen (secondary N) is 2. The predicted molar refractivity (Wildman–Crippen MR) is 77.2 cm³/mol. The Bertz CT molecular complexity index is 591. The van der Waals surface area contributed by atoms with Crippen LogP contribution < -0.4 is 10.1 Å². The fourth-order valence-electron chi connectivity index (χ4n) is 1.76. The average Bonchev–Trinajstić information content (AvgIpc) is 2.99. The first-order valence-electron chi connectivity index (χ1n) is 6.30. The van der Waals surface area contributed by atoms with E-state index in [-0.39, 0.29) is 11.9 Å². The summed E-state index contributed by atoms with van der Waals surface area (Å²) in [4.78, 5) is 11.8. The van der Waals surface area contributed by atoms with Crippen LogP contribution in [0, 0.1) is 0 Å². The molecule has 5 nitrogen and oxygen atoms in total. The van der Waals surface area contributed by atoms with Gasteiger partial charge >= 0.3 is 0 Å². The molecule has 1 atom stereocenters. The Hall–Kier alpha value is -2.56. The monoisotopic (exact) mass is 271 g/mol. The van der Waals surface area contributed by atoms with Gasteiger partial charge in [-0.25, -0.2) is 0 Å².